The normalized spacial score (nSPS) is 25.6. The second-order valence-electron chi connectivity index (χ2n) is 7.95. The Bertz CT molecular complexity index is 1060. The first-order valence-corrected chi connectivity index (χ1v) is 11.4. The Morgan fingerprint density at radius 3 is 2.41 bits per heavy atom. The zero-order chi connectivity index (χ0) is 24.6. The molecule has 2 fully saturated rings. The molecule has 0 aliphatic carbocycles. The quantitative estimate of drug-likeness (QED) is 0.220. The van der Waals surface area contributed by atoms with Crippen LogP contribution in [0.1, 0.15) is 33.9 Å². The highest BCUT2D eigenvalue weighted by Gasteiger charge is 2.56. The molecule has 186 valence electrons. The Morgan fingerprint density at radius 2 is 1.76 bits per heavy atom. The van der Waals surface area contributed by atoms with Crippen LogP contribution in [-0.4, -0.2) is 81.5 Å². The number of aromatic nitrogens is 4. The van der Waals surface area contributed by atoms with Gasteiger partial charge in [0.15, 0.2) is 22.8 Å². The highest BCUT2D eigenvalue weighted by atomic mass is 35.5. The number of carbonyl (C=O) groups excluding carboxylic acids is 2. The van der Waals surface area contributed by atoms with E-state index in [1.54, 1.807) is 32.3 Å². The molecule has 0 aromatic carbocycles. The average Bonchev–Trinajstić information content (AvgIpc) is 3.40. The minimum absolute atomic E-state index is 0.0516. The van der Waals surface area contributed by atoms with Crippen LogP contribution in [0.2, 0.25) is 10.4 Å². The molecule has 2 aromatic heterocycles. The van der Waals surface area contributed by atoms with Gasteiger partial charge in [0.05, 0.1) is 26.1 Å². The van der Waals surface area contributed by atoms with Crippen LogP contribution < -0.4 is 0 Å². The lowest BCUT2D eigenvalue weighted by atomic mass is 10.1. The lowest BCUT2D eigenvalue weighted by Crippen LogP contribution is -2.40. The fourth-order valence-electron chi connectivity index (χ4n) is 3.92. The first kappa shape index (κ1) is 25.0. The zero-order valence-corrected chi connectivity index (χ0v) is 20.4. The molecule has 0 amide bonds. The van der Waals surface area contributed by atoms with Crippen molar-refractivity contribution in [2.24, 2.45) is 0 Å². The van der Waals surface area contributed by atoms with Gasteiger partial charge in [0.25, 0.3) is 6.10 Å². The van der Waals surface area contributed by atoms with Crippen molar-refractivity contribution in [3.8, 4) is 0 Å². The minimum atomic E-state index is -1.56. The molecule has 2 aromatic rings. The maximum Gasteiger partial charge on any atom is 0.347 e. The number of fused-ring (bicyclic) bond motifs is 2. The maximum absolute atomic E-state index is 12.3. The Morgan fingerprint density at radius 1 is 1.12 bits per heavy atom. The molecular formula is C20H24Cl2N4O8. The first-order valence-electron chi connectivity index (χ1n) is 10.7. The molecule has 0 saturated carbocycles. The largest absolute Gasteiger partial charge is 0.464 e. The highest BCUT2D eigenvalue weighted by Crippen LogP contribution is 2.44. The molecule has 34 heavy (non-hydrogen) atoms. The van der Waals surface area contributed by atoms with Crippen molar-refractivity contribution < 1.29 is 38.0 Å². The molecule has 4 rings (SSSR count). The second-order valence-corrected chi connectivity index (χ2v) is 8.65. The highest BCUT2D eigenvalue weighted by molar-refractivity contribution is 6.35. The Balaban J connectivity index is 1.59. The van der Waals surface area contributed by atoms with E-state index < -0.39 is 48.4 Å². The van der Waals surface area contributed by atoms with E-state index in [4.69, 9.17) is 51.6 Å². The third-order valence-electron chi connectivity index (χ3n) is 5.18. The van der Waals surface area contributed by atoms with E-state index in [1.165, 1.54) is 6.33 Å². The number of halogens is 2. The van der Waals surface area contributed by atoms with E-state index >= 15 is 0 Å². The summed E-state index contributed by atoms with van der Waals surface area (Å²) in [5, 5.41) is 0.0446. The molecule has 0 unspecified atom stereocenters. The van der Waals surface area contributed by atoms with Crippen LogP contribution in [0.4, 0.5) is 0 Å². The van der Waals surface area contributed by atoms with Gasteiger partial charge in [-0.2, -0.15) is 4.98 Å². The summed E-state index contributed by atoms with van der Waals surface area (Å²) >= 11 is 12.1. The van der Waals surface area contributed by atoms with Crippen molar-refractivity contribution >= 4 is 46.3 Å². The molecule has 2 aliphatic heterocycles. The predicted octanol–water partition coefficient (Wildman–Crippen LogP) is 2.06. The van der Waals surface area contributed by atoms with Gasteiger partial charge in [0.2, 0.25) is 5.28 Å². The Hall–Kier alpha value is -2.09. The molecule has 0 N–H and O–H groups in total. The van der Waals surface area contributed by atoms with E-state index in [0.29, 0.717) is 11.2 Å². The fraction of sp³-hybridized carbons (Fsp3) is 0.650. The molecule has 0 spiro atoms. The monoisotopic (exact) mass is 518 g/mol. The summed E-state index contributed by atoms with van der Waals surface area (Å²) in [7, 11) is 0. The van der Waals surface area contributed by atoms with Gasteiger partial charge < -0.3 is 28.4 Å². The third-order valence-corrected chi connectivity index (χ3v) is 5.61. The molecule has 2 aliphatic rings. The summed E-state index contributed by atoms with van der Waals surface area (Å²) in [5.74, 6) is -2.62. The number of hydrogen-bond donors (Lipinski definition) is 0. The number of esters is 2. The molecular weight excluding hydrogens is 495 g/mol. The first-order chi connectivity index (χ1) is 16.1. The average molecular weight is 519 g/mol. The third kappa shape index (κ3) is 4.83. The van der Waals surface area contributed by atoms with E-state index in [9.17, 15) is 9.59 Å². The van der Waals surface area contributed by atoms with Crippen molar-refractivity contribution in [2.45, 2.75) is 64.1 Å². The number of hydrogen-bond acceptors (Lipinski definition) is 11. The Kier molecular flexibility index (Phi) is 7.27. The molecule has 2 saturated heterocycles. The smallest absolute Gasteiger partial charge is 0.347 e. The summed E-state index contributed by atoms with van der Waals surface area (Å²) in [6, 6.07) is 0. The van der Waals surface area contributed by atoms with Gasteiger partial charge in [-0.3, -0.25) is 4.57 Å². The lowest BCUT2D eigenvalue weighted by Gasteiger charge is -2.25. The summed E-state index contributed by atoms with van der Waals surface area (Å²) in [6.07, 6.45) is -2.70. The van der Waals surface area contributed by atoms with Gasteiger partial charge in [-0.15, -0.1) is 0 Å². The van der Waals surface area contributed by atoms with Gasteiger partial charge in [0.1, 0.15) is 23.8 Å². The van der Waals surface area contributed by atoms with Gasteiger partial charge in [0, 0.05) is 0 Å². The summed E-state index contributed by atoms with van der Waals surface area (Å²) in [6.45, 7) is 6.76. The zero-order valence-electron chi connectivity index (χ0n) is 18.9. The Labute approximate surface area is 204 Å². The molecule has 0 radical (unpaired) electrons. The predicted molar refractivity (Wildman–Crippen MR) is 116 cm³/mol. The summed E-state index contributed by atoms with van der Waals surface area (Å²) < 4.78 is 35.4. The van der Waals surface area contributed by atoms with Crippen molar-refractivity contribution in [1.29, 1.82) is 0 Å². The van der Waals surface area contributed by atoms with Crippen LogP contribution in [0, 0.1) is 0 Å². The molecule has 12 nitrogen and oxygen atoms in total. The van der Waals surface area contributed by atoms with E-state index in [1.807, 2.05) is 0 Å². The van der Waals surface area contributed by atoms with E-state index in [0.717, 1.165) is 0 Å². The van der Waals surface area contributed by atoms with Gasteiger partial charge in [-0.05, 0) is 39.3 Å². The van der Waals surface area contributed by atoms with E-state index in [-0.39, 0.29) is 30.3 Å². The van der Waals surface area contributed by atoms with Gasteiger partial charge >= 0.3 is 11.9 Å². The molecule has 4 atom stereocenters. The SMILES string of the molecule is CCOC(=O)C(OC[C@H]1O[C@@H](n2cnc3c(Cl)nc(Cl)nc32)[C@@H]2OC(C)(C)O[C@@H]21)C(=O)OCC. The van der Waals surface area contributed by atoms with Crippen molar-refractivity contribution in [3.05, 3.63) is 16.8 Å². The second kappa shape index (κ2) is 9.88. The van der Waals surface area contributed by atoms with E-state index in [2.05, 4.69) is 15.0 Å². The van der Waals surface area contributed by atoms with Crippen LogP contribution in [0.5, 0.6) is 0 Å². The van der Waals surface area contributed by atoms with Crippen LogP contribution >= 0.6 is 23.2 Å². The van der Waals surface area contributed by atoms with Crippen molar-refractivity contribution in [2.75, 3.05) is 19.8 Å². The summed E-state index contributed by atoms with van der Waals surface area (Å²) in [4.78, 5) is 36.9. The minimum Gasteiger partial charge on any atom is -0.464 e. The topological polar surface area (TPSA) is 133 Å². The standard InChI is InChI=1S/C20H24Cl2N4O8/c1-5-29-17(27)13(18(28)30-6-2)31-7-9-11-12(34-20(3,4)33-11)16(32-9)26-8-23-10-14(21)24-19(22)25-15(10)26/h8-9,11-13,16H,5-7H2,1-4H3/t9-,11-,12-,16-/m1/s1. The van der Waals surface area contributed by atoms with Crippen LogP contribution in [0.15, 0.2) is 6.33 Å². The van der Waals surface area contributed by atoms with Crippen molar-refractivity contribution in [3.63, 3.8) is 0 Å². The number of nitrogens with zero attached hydrogens (tertiary/aromatic N) is 4. The fourth-order valence-corrected chi connectivity index (χ4v) is 4.34. The van der Waals surface area contributed by atoms with Crippen molar-refractivity contribution in [1.82, 2.24) is 19.5 Å². The number of rotatable bonds is 8. The molecule has 0 bridgehead atoms. The lowest BCUT2D eigenvalue weighted by molar-refractivity contribution is -0.206. The maximum atomic E-state index is 12.3. The summed E-state index contributed by atoms with van der Waals surface area (Å²) in [5.41, 5.74) is 0.688. The van der Waals surface area contributed by atoms with Crippen LogP contribution in [0.25, 0.3) is 11.2 Å². The number of ether oxygens (including phenoxy) is 6. The van der Waals surface area contributed by atoms with Gasteiger partial charge in [-0.25, -0.2) is 19.6 Å². The molecule has 4 heterocycles. The van der Waals surface area contributed by atoms with Gasteiger partial charge in [-0.1, -0.05) is 11.6 Å². The number of imidazole rings is 1. The molecule has 14 heteroatoms. The number of carbonyl (C=O) groups is 2. The van der Waals surface area contributed by atoms with Crippen LogP contribution in [0.3, 0.4) is 0 Å². The van der Waals surface area contributed by atoms with Crippen LogP contribution in [-0.2, 0) is 38.0 Å².